The van der Waals surface area contributed by atoms with Gasteiger partial charge in [-0.3, -0.25) is 0 Å². The van der Waals surface area contributed by atoms with Crippen LogP contribution in [0, 0.1) is 0 Å². The molecule has 0 heterocycles. The normalized spacial score (nSPS) is 11.3. The highest BCUT2D eigenvalue weighted by Gasteiger charge is 2.16. The lowest BCUT2D eigenvalue weighted by Gasteiger charge is -2.00. The summed E-state index contributed by atoms with van der Waals surface area (Å²) in [7, 11) is -1.66. The van der Waals surface area contributed by atoms with E-state index in [0.29, 0.717) is 26.0 Å². The van der Waals surface area contributed by atoms with Crippen molar-refractivity contribution in [1.29, 1.82) is 0 Å². The summed E-state index contributed by atoms with van der Waals surface area (Å²) in [6.07, 6.45) is 0.426. The second-order valence-electron chi connectivity index (χ2n) is 4.35. The van der Waals surface area contributed by atoms with Crippen LogP contribution in [0.5, 0.6) is 0 Å². The summed E-state index contributed by atoms with van der Waals surface area (Å²) in [5, 5.41) is 0. The monoisotopic (exact) mass is 289 g/mol. The molecule has 0 aliphatic heterocycles. The molecule has 0 saturated heterocycles. The lowest BCUT2D eigenvalue weighted by molar-refractivity contribution is 0.133. The molecule has 0 aromatic heterocycles. The molecule has 2 rings (SSSR count). The van der Waals surface area contributed by atoms with Crippen LogP contribution >= 0.6 is 8.03 Å². The largest absolute Gasteiger partial charge is 0.510 e. The van der Waals surface area contributed by atoms with E-state index in [-0.39, 0.29) is 0 Å². The van der Waals surface area contributed by atoms with Gasteiger partial charge >= 0.3 is 8.03 Å². The number of rotatable bonds is 8. The Hall–Kier alpha value is -1.54. The van der Waals surface area contributed by atoms with E-state index in [2.05, 4.69) is 0 Å². The van der Waals surface area contributed by atoms with E-state index in [0.717, 1.165) is 11.1 Å². The third-order valence-corrected chi connectivity index (χ3v) is 3.71. The minimum absolute atomic E-state index is 0.384. The summed E-state index contributed by atoms with van der Waals surface area (Å²) >= 11 is 0. The molecule has 0 fully saturated rings. The van der Waals surface area contributed by atoms with Gasteiger partial charge in [-0.1, -0.05) is 60.7 Å². The van der Waals surface area contributed by atoms with Crippen LogP contribution in [0.2, 0.25) is 0 Å². The Morgan fingerprint density at radius 3 is 1.95 bits per heavy atom. The molecule has 0 aliphatic carbocycles. The molecule has 4 heteroatoms. The van der Waals surface area contributed by atoms with Crippen molar-refractivity contribution in [2.75, 3.05) is 12.8 Å². The smallest absolute Gasteiger partial charge is 0.372 e. The van der Waals surface area contributed by atoms with Gasteiger partial charge in [-0.2, -0.15) is 0 Å². The summed E-state index contributed by atoms with van der Waals surface area (Å²) < 4.78 is 22.5. The van der Waals surface area contributed by atoms with E-state index in [9.17, 15) is 4.57 Å². The first-order valence-electron chi connectivity index (χ1n) is 6.58. The topological polar surface area (TPSA) is 35.5 Å². The van der Waals surface area contributed by atoms with Gasteiger partial charge in [0.25, 0.3) is 0 Å². The van der Waals surface area contributed by atoms with E-state index in [1.165, 1.54) is 0 Å². The minimum atomic E-state index is -1.66. The Kier molecular flexibility index (Phi) is 6.39. The third-order valence-electron chi connectivity index (χ3n) is 2.75. The summed E-state index contributed by atoms with van der Waals surface area (Å²) in [4.78, 5) is 0. The van der Waals surface area contributed by atoms with Gasteiger partial charge in [0.2, 0.25) is 6.16 Å². The number of hydrogen-bond donors (Lipinski definition) is 0. The van der Waals surface area contributed by atoms with Gasteiger partial charge in [-0.15, -0.1) is 4.52 Å². The lowest BCUT2D eigenvalue weighted by Crippen LogP contribution is -1.98. The van der Waals surface area contributed by atoms with E-state index >= 15 is 0 Å². The van der Waals surface area contributed by atoms with E-state index in [1.807, 2.05) is 60.7 Å². The second-order valence-corrected chi connectivity index (χ2v) is 5.72. The van der Waals surface area contributed by atoms with Crippen molar-refractivity contribution >= 4 is 8.03 Å². The van der Waals surface area contributed by atoms with Crippen LogP contribution < -0.4 is 0 Å². The Morgan fingerprint density at radius 2 is 1.35 bits per heavy atom. The van der Waals surface area contributed by atoms with E-state index < -0.39 is 8.03 Å². The van der Waals surface area contributed by atoms with Crippen molar-refractivity contribution in [3.8, 4) is 0 Å². The molecule has 0 radical (unpaired) electrons. The molecule has 0 aliphatic rings. The van der Waals surface area contributed by atoms with Crippen LogP contribution in [0.1, 0.15) is 11.1 Å². The predicted octanol–water partition coefficient (Wildman–Crippen LogP) is 4.16. The van der Waals surface area contributed by atoms with Crippen LogP contribution in [0.25, 0.3) is 0 Å². The number of benzene rings is 2. The SMILES string of the molecule is O=[P+](CCOCc1ccccc1)OCc1ccccc1. The van der Waals surface area contributed by atoms with Gasteiger partial charge in [0.05, 0.1) is 13.2 Å². The Balaban J connectivity index is 1.59. The van der Waals surface area contributed by atoms with Crippen molar-refractivity contribution in [1.82, 2.24) is 0 Å². The summed E-state index contributed by atoms with van der Waals surface area (Å²) in [5.41, 5.74) is 2.15. The Morgan fingerprint density at radius 1 is 0.800 bits per heavy atom. The van der Waals surface area contributed by atoms with Gasteiger partial charge < -0.3 is 4.74 Å². The van der Waals surface area contributed by atoms with Crippen LogP contribution in [-0.4, -0.2) is 12.8 Å². The van der Waals surface area contributed by atoms with Crippen molar-refractivity contribution in [3.63, 3.8) is 0 Å². The number of ether oxygens (including phenoxy) is 1. The third kappa shape index (κ3) is 5.62. The Bertz CT molecular complexity index is 514. The summed E-state index contributed by atoms with van der Waals surface area (Å²) in [5.74, 6) is 0. The predicted molar refractivity (Wildman–Crippen MR) is 79.8 cm³/mol. The highest BCUT2D eigenvalue weighted by molar-refractivity contribution is 7.39. The Labute approximate surface area is 120 Å². The molecule has 0 saturated carbocycles. The van der Waals surface area contributed by atoms with Crippen molar-refractivity contribution < 1.29 is 13.8 Å². The molecule has 0 N–H and O–H groups in total. The fraction of sp³-hybridized carbons (Fsp3) is 0.250. The first-order chi connectivity index (χ1) is 9.84. The molecule has 0 amide bonds. The minimum Gasteiger partial charge on any atom is -0.372 e. The molecule has 1 unspecified atom stereocenters. The molecule has 2 aromatic rings. The van der Waals surface area contributed by atoms with E-state index in [4.69, 9.17) is 9.26 Å². The zero-order valence-corrected chi connectivity index (χ0v) is 12.2. The molecule has 20 heavy (non-hydrogen) atoms. The molecule has 104 valence electrons. The molecular formula is C16H18O3P+. The zero-order chi connectivity index (χ0) is 14.0. The van der Waals surface area contributed by atoms with Gasteiger partial charge in [0.1, 0.15) is 6.61 Å². The molecule has 0 bridgehead atoms. The first-order valence-corrected chi connectivity index (χ1v) is 7.94. The lowest BCUT2D eigenvalue weighted by atomic mass is 10.2. The molecular weight excluding hydrogens is 271 g/mol. The molecule has 2 aromatic carbocycles. The maximum Gasteiger partial charge on any atom is 0.510 e. The molecule has 3 nitrogen and oxygen atoms in total. The molecule has 0 spiro atoms. The van der Waals surface area contributed by atoms with Crippen LogP contribution in [0.4, 0.5) is 0 Å². The summed E-state index contributed by atoms with van der Waals surface area (Å²) in [6, 6.07) is 19.7. The highest BCUT2D eigenvalue weighted by Crippen LogP contribution is 2.23. The van der Waals surface area contributed by atoms with Gasteiger partial charge in [-0.25, -0.2) is 0 Å². The summed E-state index contributed by atoms with van der Waals surface area (Å²) in [6.45, 7) is 1.37. The van der Waals surface area contributed by atoms with Crippen LogP contribution in [0.15, 0.2) is 60.7 Å². The maximum atomic E-state index is 11.7. The molecule has 1 atom stereocenters. The van der Waals surface area contributed by atoms with Gasteiger partial charge in [0, 0.05) is 0 Å². The second kappa shape index (κ2) is 8.60. The first kappa shape index (κ1) is 14.9. The van der Waals surface area contributed by atoms with E-state index in [1.54, 1.807) is 0 Å². The average Bonchev–Trinajstić information content (AvgIpc) is 2.52. The van der Waals surface area contributed by atoms with Crippen molar-refractivity contribution in [2.24, 2.45) is 0 Å². The van der Waals surface area contributed by atoms with Gasteiger partial charge in [0.15, 0.2) is 0 Å². The fourth-order valence-corrected chi connectivity index (χ4v) is 2.39. The van der Waals surface area contributed by atoms with Crippen LogP contribution in [-0.2, 0) is 27.0 Å². The average molecular weight is 289 g/mol. The standard InChI is InChI=1S/C16H18O3P/c17-20(19-14-16-9-5-2-6-10-16)12-11-18-13-15-7-3-1-4-8-15/h1-10H,11-14H2/q+1. The van der Waals surface area contributed by atoms with Crippen LogP contribution in [0.3, 0.4) is 0 Å². The van der Waals surface area contributed by atoms with Crippen molar-refractivity contribution in [2.45, 2.75) is 13.2 Å². The van der Waals surface area contributed by atoms with Gasteiger partial charge in [-0.05, 0) is 15.7 Å². The quantitative estimate of drug-likeness (QED) is 0.540. The zero-order valence-electron chi connectivity index (χ0n) is 11.3. The fourth-order valence-electron chi connectivity index (χ4n) is 1.69. The van der Waals surface area contributed by atoms with Crippen molar-refractivity contribution in [3.05, 3.63) is 71.8 Å². The highest BCUT2D eigenvalue weighted by atomic mass is 31.1. The number of hydrogen-bond acceptors (Lipinski definition) is 3. The maximum absolute atomic E-state index is 11.7.